The number of carboxylic acid groups (broad SMARTS) is 1. The minimum absolute atomic E-state index is 0.0160. The fourth-order valence-electron chi connectivity index (χ4n) is 4.43. The number of hydrogen-bond donors (Lipinski definition) is 2. The number of hydrogen-bond acceptors (Lipinski definition) is 4. The van der Waals surface area contributed by atoms with Gasteiger partial charge < -0.3 is 19.7 Å². The second-order valence-corrected chi connectivity index (χ2v) is 7.56. The summed E-state index contributed by atoms with van der Waals surface area (Å²) >= 11 is 0. The molecule has 0 saturated carbocycles. The van der Waals surface area contributed by atoms with Crippen LogP contribution >= 0.6 is 0 Å². The molecule has 0 unspecified atom stereocenters. The topological polar surface area (TPSA) is 99.8 Å². The Balaban J connectivity index is 1.59. The fourth-order valence-corrected chi connectivity index (χ4v) is 4.43. The minimum atomic E-state index is -0.933. The van der Waals surface area contributed by atoms with E-state index in [2.05, 4.69) is 5.32 Å². The number of benzene rings is 2. The lowest BCUT2D eigenvalue weighted by Crippen LogP contribution is -2.31. The Morgan fingerprint density at radius 2 is 1.86 bits per heavy atom. The van der Waals surface area contributed by atoms with E-state index in [4.69, 9.17) is 4.42 Å². The molecule has 2 aliphatic heterocycles. The molecule has 2 amide bonds. The molecule has 0 spiro atoms. The lowest BCUT2D eigenvalue weighted by molar-refractivity contribution is 0.0951. The molecule has 2 atom stereocenters. The van der Waals surface area contributed by atoms with Gasteiger partial charge in [-0.25, -0.2) is 4.79 Å². The van der Waals surface area contributed by atoms with Crippen LogP contribution in [0.25, 0.3) is 22.1 Å². The van der Waals surface area contributed by atoms with Crippen LogP contribution in [0.2, 0.25) is 0 Å². The van der Waals surface area contributed by atoms with Crippen molar-refractivity contribution < 1.29 is 19.1 Å². The molecule has 3 heterocycles. The number of nitrogens with zero attached hydrogens (tertiary/aromatic N) is 1. The third kappa shape index (κ3) is 2.86. The molecule has 1 saturated heterocycles. The molecule has 5 rings (SSSR count). The molecular weight excluding hydrogens is 372 g/mol. The Kier molecular flexibility index (Phi) is 3.91. The first-order valence-corrected chi connectivity index (χ1v) is 9.43. The molecule has 29 heavy (non-hydrogen) atoms. The van der Waals surface area contributed by atoms with E-state index >= 15 is 0 Å². The van der Waals surface area contributed by atoms with Gasteiger partial charge in [0.25, 0.3) is 5.91 Å². The Morgan fingerprint density at radius 1 is 1.07 bits per heavy atom. The van der Waals surface area contributed by atoms with Gasteiger partial charge in [0.1, 0.15) is 5.58 Å². The zero-order valence-corrected chi connectivity index (χ0v) is 15.4. The summed E-state index contributed by atoms with van der Waals surface area (Å²) in [6, 6.07) is 12.4. The fraction of sp³-hybridized carbons (Fsp3) is 0.227. The van der Waals surface area contributed by atoms with E-state index in [9.17, 15) is 19.5 Å². The van der Waals surface area contributed by atoms with Gasteiger partial charge in [-0.1, -0.05) is 18.2 Å². The van der Waals surface area contributed by atoms with Crippen LogP contribution in [-0.4, -0.2) is 41.6 Å². The van der Waals surface area contributed by atoms with Gasteiger partial charge in [-0.3, -0.25) is 9.59 Å². The lowest BCUT2D eigenvalue weighted by Gasteiger charge is -2.17. The molecule has 3 aromatic rings. The second kappa shape index (κ2) is 6.48. The highest BCUT2D eigenvalue weighted by atomic mass is 16.4. The highest BCUT2D eigenvalue weighted by Crippen LogP contribution is 2.37. The van der Waals surface area contributed by atoms with Crippen LogP contribution in [0.4, 0.5) is 4.79 Å². The third-order valence-electron chi connectivity index (χ3n) is 5.93. The molecule has 2 N–H and O–H groups in total. The van der Waals surface area contributed by atoms with Gasteiger partial charge in [0, 0.05) is 43.1 Å². The number of nitrogens with one attached hydrogen (secondary N) is 1. The van der Waals surface area contributed by atoms with Crippen LogP contribution in [0.1, 0.15) is 21.8 Å². The molecular formula is C22H18N2O5. The Bertz CT molecular complexity index is 1220. The molecule has 2 aliphatic rings. The van der Waals surface area contributed by atoms with Gasteiger partial charge in [-0.2, -0.15) is 0 Å². The first kappa shape index (κ1) is 17.5. The number of amides is 2. The van der Waals surface area contributed by atoms with E-state index in [0.717, 1.165) is 16.7 Å². The van der Waals surface area contributed by atoms with Crippen molar-refractivity contribution in [2.45, 2.75) is 5.92 Å². The van der Waals surface area contributed by atoms with Gasteiger partial charge in [-0.15, -0.1) is 0 Å². The summed E-state index contributed by atoms with van der Waals surface area (Å²) in [5, 5.41) is 12.7. The number of fused-ring (bicyclic) bond motifs is 4. The highest BCUT2D eigenvalue weighted by Gasteiger charge is 2.39. The molecule has 0 radical (unpaired) electrons. The van der Waals surface area contributed by atoms with Gasteiger partial charge in [0.05, 0.1) is 11.6 Å². The summed E-state index contributed by atoms with van der Waals surface area (Å²) < 4.78 is 5.37. The summed E-state index contributed by atoms with van der Waals surface area (Å²) in [6.45, 7) is 1.26. The van der Waals surface area contributed by atoms with E-state index in [-0.39, 0.29) is 23.2 Å². The molecule has 2 aromatic carbocycles. The average Bonchev–Trinajstić information content (AvgIpc) is 3.11. The number of carbonyl (C=O) groups excluding carboxylic acids is 1. The monoisotopic (exact) mass is 390 g/mol. The molecule has 0 aliphatic carbocycles. The molecule has 146 valence electrons. The summed E-state index contributed by atoms with van der Waals surface area (Å²) in [4.78, 5) is 37.6. The Morgan fingerprint density at radius 3 is 2.69 bits per heavy atom. The second-order valence-electron chi connectivity index (χ2n) is 7.56. The molecule has 1 fully saturated rings. The maximum Gasteiger partial charge on any atom is 0.407 e. The van der Waals surface area contributed by atoms with Crippen LogP contribution in [0.3, 0.4) is 0 Å². The maximum absolute atomic E-state index is 12.7. The first-order valence-electron chi connectivity index (χ1n) is 9.43. The van der Waals surface area contributed by atoms with Gasteiger partial charge in [0.2, 0.25) is 0 Å². The van der Waals surface area contributed by atoms with Gasteiger partial charge in [-0.05, 0) is 34.9 Å². The zero-order chi connectivity index (χ0) is 20.1. The number of likely N-dealkylation sites (tertiary alicyclic amines) is 1. The minimum Gasteiger partial charge on any atom is -0.465 e. The van der Waals surface area contributed by atoms with Crippen LogP contribution in [0, 0.1) is 5.92 Å². The maximum atomic E-state index is 12.7. The van der Waals surface area contributed by atoms with E-state index in [0.29, 0.717) is 36.2 Å². The molecule has 0 bridgehead atoms. The van der Waals surface area contributed by atoms with Crippen LogP contribution in [0.5, 0.6) is 0 Å². The average molecular weight is 390 g/mol. The zero-order valence-electron chi connectivity index (χ0n) is 15.4. The summed E-state index contributed by atoms with van der Waals surface area (Å²) in [7, 11) is 0. The van der Waals surface area contributed by atoms with Crippen molar-refractivity contribution in [1.82, 2.24) is 10.2 Å². The van der Waals surface area contributed by atoms with Crippen LogP contribution in [-0.2, 0) is 0 Å². The number of rotatable bonds is 1. The lowest BCUT2D eigenvalue weighted by atomic mass is 9.86. The Hall–Kier alpha value is -3.61. The van der Waals surface area contributed by atoms with Crippen molar-refractivity contribution in [3.05, 3.63) is 70.1 Å². The standard InChI is InChI=1S/C22H18N2O5/c25-19-5-6-29-20-4-2-13(8-17(19)20)12-1-3-15-16(7-12)21(26)23-9-14-10-24(22(27)28)11-18(14)15/h1-8,14,18H,9-11H2,(H,23,26)(H,27,28)/t14-,18-/m1/s1. The SMILES string of the molecule is O=C1NC[C@@H]2CN(C(=O)O)C[C@H]2c2ccc(-c3ccc4occc(=O)c4c3)cc21. The van der Waals surface area contributed by atoms with E-state index in [1.165, 1.54) is 17.2 Å². The summed E-state index contributed by atoms with van der Waals surface area (Å²) in [6.07, 6.45) is 0.438. The van der Waals surface area contributed by atoms with Crippen LogP contribution < -0.4 is 10.7 Å². The van der Waals surface area contributed by atoms with Crippen molar-refractivity contribution in [3.63, 3.8) is 0 Å². The normalized spacial score (nSPS) is 20.7. The van der Waals surface area contributed by atoms with Crippen molar-refractivity contribution >= 4 is 23.0 Å². The van der Waals surface area contributed by atoms with E-state index in [1.807, 2.05) is 24.3 Å². The molecule has 7 nitrogen and oxygen atoms in total. The smallest absolute Gasteiger partial charge is 0.407 e. The number of carbonyl (C=O) groups is 2. The quantitative estimate of drug-likeness (QED) is 0.666. The predicted octanol–water partition coefficient (Wildman–Crippen LogP) is 2.90. The third-order valence-corrected chi connectivity index (χ3v) is 5.93. The predicted molar refractivity (Wildman–Crippen MR) is 106 cm³/mol. The van der Waals surface area contributed by atoms with Crippen LogP contribution in [0.15, 0.2) is 57.9 Å². The van der Waals surface area contributed by atoms with E-state index < -0.39 is 6.09 Å². The molecule has 1 aromatic heterocycles. The first-order chi connectivity index (χ1) is 14.0. The summed E-state index contributed by atoms with van der Waals surface area (Å²) in [5.41, 5.74) is 3.45. The largest absolute Gasteiger partial charge is 0.465 e. The van der Waals surface area contributed by atoms with Crippen molar-refractivity contribution in [3.8, 4) is 11.1 Å². The highest BCUT2D eigenvalue weighted by molar-refractivity contribution is 5.98. The van der Waals surface area contributed by atoms with E-state index in [1.54, 1.807) is 12.1 Å². The van der Waals surface area contributed by atoms with Crippen molar-refractivity contribution in [2.24, 2.45) is 5.92 Å². The van der Waals surface area contributed by atoms with Crippen molar-refractivity contribution in [2.75, 3.05) is 19.6 Å². The Labute approximate surface area is 165 Å². The van der Waals surface area contributed by atoms with Crippen molar-refractivity contribution in [1.29, 1.82) is 0 Å². The molecule has 7 heteroatoms. The van der Waals surface area contributed by atoms with Gasteiger partial charge >= 0.3 is 6.09 Å². The summed E-state index contributed by atoms with van der Waals surface area (Å²) in [5.74, 6) is -0.108. The van der Waals surface area contributed by atoms with Gasteiger partial charge in [0.15, 0.2) is 5.43 Å².